The van der Waals surface area contributed by atoms with E-state index in [4.69, 9.17) is 0 Å². The van der Waals surface area contributed by atoms with Gasteiger partial charge < -0.3 is 5.32 Å². The Kier molecular flexibility index (Phi) is 4.28. The molecule has 5 heteroatoms. The van der Waals surface area contributed by atoms with Gasteiger partial charge in [0.2, 0.25) is 10.0 Å². The van der Waals surface area contributed by atoms with Gasteiger partial charge in [0.15, 0.2) is 0 Å². The number of hydrogen-bond donors (Lipinski definition) is 2. The molecule has 1 atom stereocenters. The maximum Gasteiger partial charge on any atom is 0.241 e. The summed E-state index contributed by atoms with van der Waals surface area (Å²) < 4.78 is 27.9. The molecule has 106 valence electrons. The standard InChI is InChI=1S/C14H22N2O2S/c1-10-7-11(2)14(12(3)8-10)19(17,18)16-13-5-4-6-15-9-13/h7-8,13,15-16H,4-6,9H2,1-3H3/t13-/m1/s1. The van der Waals surface area contributed by atoms with Crippen molar-refractivity contribution in [3.8, 4) is 0 Å². The predicted octanol–water partition coefficient (Wildman–Crippen LogP) is 1.64. The quantitative estimate of drug-likeness (QED) is 0.886. The van der Waals surface area contributed by atoms with Gasteiger partial charge >= 0.3 is 0 Å². The van der Waals surface area contributed by atoms with Crippen LogP contribution in [0.15, 0.2) is 17.0 Å². The second-order valence-electron chi connectivity index (χ2n) is 5.39. The summed E-state index contributed by atoms with van der Waals surface area (Å²) in [6.45, 7) is 7.38. The molecule has 0 amide bonds. The summed E-state index contributed by atoms with van der Waals surface area (Å²) in [4.78, 5) is 0.434. The summed E-state index contributed by atoms with van der Waals surface area (Å²) in [6.07, 6.45) is 1.91. The molecule has 0 spiro atoms. The normalized spacial score (nSPS) is 20.5. The van der Waals surface area contributed by atoms with Crippen molar-refractivity contribution in [3.05, 3.63) is 28.8 Å². The Morgan fingerprint density at radius 2 is 1.84 bits per heavy atom. The van der Waals surface area contributed by atoms with E-state index in [1.54, 1.807) is 0 Å². The van der Waals surface area contributed by atoms with Crippen molar-refractivity contribution in [3.63, 3.8) is 0 Å². The Labute approximate surface area is 115 Å². The smallest absolute Gasteiger partial charge is 0.241 e. The first-order valence-corrected chi connectivity index (χ1v) is 8.19. The van der Waals surface area contributed by atoms with Crippen LogP contribution in [0.4, 0.5) is 0 Å². The van der Waals surface area contributed by atoms with Crippen LogP contribution in [0, 0.1) is 20.8 Å². The van der Waals surface area contributed by atoms with Crippen LogP contribution in [-0.4, -0.2) is 27.5 Å². The van der Waals surface area contributed by atoms with E-state index in [2.05, 4.69) is 10.0 Å². The van der Waals surface area contributed by atoms with Crippen LogP contribution >= 0.6 is 0 Å². The fourth-order valence-corrected chi connectivity index (χ4v) is 4.54. The fraction of sp³-hybridized carbons (Fsp3) is 0.571. The zero-order valence-electron chi connectivity index (χ0n) is 11.8. The third-order valence-corrected chi connectivity index (χ3v) is 5.32. The van der Waals surface area contributed by atoms with E-state index in [0.29, 0.717) is 11.4 Å². The monoisotopic (exact) mass is 282 g/mol. The van der Waals surface area contributed by atoms with Crippen molar-refractivity contribution in [2.45, 2.75) is 44.6 Å². The molecule has 0 radical (unpaired) electrons. The molecule has 2 N–H and O–H groups in total. The Hall–Kier alpha value is -0.910. The molecular formula is C14H22N2O2S. The van der Waals surface area contributed by atoms with Crippen molar-refractivity contribution in [1.29, 1.82) is 0 Å². The number of nitrogens with one attached hydrogen (secondary N) is 2. The molecule has 19 heavy (non-hydrogen) atoms. The molecule has 0 aliphatic carbocycles. The van der Waals surface area contributed by atoms with Gasteiger partial charge in [-0.2, -0.15) is 0 Å². The number of rotatable bonds is 3. The van der Waals surface area contributed by atoms with E-state index in [9.17, 15) is 8.42 Å². The number of aryl methyl sites for hydroxylation is 3. The van der Waals surface area contributed by atoms with Crippen LogP contribution in [0.5, 0.6) is 0 Å². The Bertz CT molecular complexity index is 538. The average molecular weight is 282 g/mol. The minimum atomic E-state index is -3.43. The molecule has 0 bridgehead atoms. The zero-order chi connectivity index (χ0) is 14.0. The number of benzene rings is 1. The van der Waals surface area contributed by atoms with Gasteiger partial charge in [-0.05, 0) is 51.3 Å². The summed E-state index contributed by atoms with van der Waals surface area (Å²) in [5.41, 5.74) is 2.72. The maximum absolute atomic E-state index is 12.5. The SMILES string of the molecule is Cc1cc(C)c(S(=O)(=O)N[C@@H]2CCCNC2)c(C)c1. The summed E-state index contributed by atoms with van der Waals surface area (Å²) in [6, 6.07) is 3.83. The van der Waals surface area contributed by atoms with E-state index in [-0.39, 0.29) is 6.04 Å². The number of sulfonamides is 1. The first kappa shape index (κ1) is 14.5. The van der Waals surface area contributed by atoms with Gasteiger partial charge in [-0.1, -0.05) is 17.7 Å². The van der Waals surface area contributed by atoms with Crippen molar-refractivity contribution in [2.75, 3.05) is 13.1 Å². The lowest BCUT2D eigenvalue weighted by Crippen LogP contribution is -2.45. The Balaban J connectivity index is 2.29. The van der Waals surface area contributed by atoms with E-state index in [1.165, 1.54) is 0 Å². The highest BCUT2D eigenvalue weighted by Gasteiger charge is 2.24. The first-order chi connectivity index (χ1) is 8.90. The van der Waals surface area contributed by atoms with E-state index < -0.39 is 10.0 Å². The molecule has 0 aromatic heterocycles. The maximum atomic E-state index is 12.5. The van der Waals surface area contributed by atoms with E-state index in [0.717, 1.165) is 36.1 Å². The van der Waals surface area contributed by atoms with Gasteiger partial charge in [-0.25, -0.2) is 13.1 Å². The minimum absolute atomic E-state index is 0.00106. The molecule has 1 aromatic rings. The van der Waals surface area contributed by atoms with Crippen LogP contribution in [0.2, 0.25) is 0 Å². The van der Waals surface area contributed by atoms with Crippen molar-refractivity contribution in [2.24, 2.45) is 0 Å². The zero-order valence-corrected chi connectivity index (χ0v) is 12.6. The lowest BCUT2D eigenvalue weighted by Gasteiger charge is -2.24. The summed E-state index contributed by atoms with van der Waals surface area (Å²) >= 11 is 0. The van der Waals surface area contributed by atoms with Gasteiger partial charge in [-0.15, -0.1) is 0 Å². The minimum Gasteiger partial charge on any atom is -0.315 e. The van der Waals surface area contributed by atoms with Crippen molar-refractivity contribution in [1.82, 2.24) is 10.0 Å². The Morgan fingerprint density at radius 3 is 2.37 bits per heavy atom. The third kappa shape index (κ3) is 3.35. The molecule has 1 heterocycles. The van der Waals surface area contributed by atoms with Crippen LogP contribution in [0.1, 0.15) is 29.5 Å². The molecule has 1 aliphatic rings. The Morgan fingerprint density at radius 1 is 1.21 bits per heavy atom. The van der Waals surface area contributed by atoms with Crippen LogP contribution in [0.3, 0.4) is 0 Å². The molecule has 4 nitrogen and oxygen atoms in total. The highest BCUT2D eigenvalue weighted by atomic mass is 32.2. The van der Waals surface area contributed by atoms with Crippen molar-refractivity contribution >= 4 is 10.0 Å². The van der Waals surface area contributed by atoms with E-state index >= 15 is 0 Å². The average Bonchev–Trinajstić information content (AvgIpc) is 2.27. The van der Waals surface area contributed by atoms with Crippen molar-refractivity contribution < 1.29 is 8.42 Å². The topological polar surface area (TPSA) is 58.2 Å². The van der Waals surface area contributed by atoms with Gasteiger partial charge in [0, 0.05) is 12.6 Å². The number of hydrogen-bond acceptors (Lipinski definition) is 3. The van der Waals surface area contributed by atoms with Gasteiger partial charge in [0.1, 0.15) is 0 Å². The van der Waals surface area contributed by atoms with Crippen LogP contribution in [0.25, 0.3) is 0 Å². The summed E-state index contributed by atoms with van der Waals surface area (Å²) in [5.74, 6) is 0. The van der Waals surface area contributed by atoms with Gasteiger partial charge in [0.25, 0.3) is 0 Å². The molecule has 1 fully saturated rings. The lowest BCUT2D eigenvalue weighted by molar-refractivity contribution is 0.428. The molecule has 0 saturated carbocycles. The third-order valence-electron chi connectivity index (χ3n) is 3.49. The van der Waals surface area contributed by atoms with E-state index in [1.807, 2.05) is 32.9 Å². The molecule has 1 aromatic carbocycles. The molecular weight excluding hydrogens is 260 g/mol. The largest absolute Gasteiger partial charge is 0.315 e. The second-order valence-corrected chi connectivity index (χ2v) is 7.04. The predicted molar refractivity (Wildman–Crippen MR) is 76.9 cm³/mol. The lowest BCUT2D eigenvalue weighted by atomic mass is 10.1. The van der Waals surface area contributed by atoms with Crippen LogP contribution in [-0.2, 0) is 10.0 Å². The highest BCUT2D eigenvalue weighted by molar-refractivity contribution is 7.89. The summed E-state index contributed by atoms with van der Waals surface area (Å²) in [5, 5.41) is 3.22. The highest BCUT2D eigenvalue weighted by Crippen LogP contribution is 2.22. The summed E-state index contributed by atoms with van der Waals surface area (Å²) in [7, 11) is -3.43. The van der Waals surface area contributed by atoms with Gasteiger partial charge in [0.05, 0.1) is 4.90 Å². The molecule has 1 aliphatic heterocycles. The molecule has 1 saturated heterocycles. The van der Waals surface area contributed by atoms with Gasteiger partial charge in [-0.3, -0.25) is 0 Å². The second kappa shape index (κ2) is 5.61. The molecule has 0 unspecified atom stereocenters. The number of piperidine rings is 1. The van der Waals surface area contributed by atoms with Crippen LogP contribution < -0.4 is 10.0 Å². The molecule has 2 rings (SSSR count). The first-order valence-electron chi connectivity index (χ1n) is 6.71. The fourth-order valence-electron chi connectivity index (χ4n) is 2.82.